The summed E-state index contributed by atoms with van der Waals surface area (Å²) in [5.41, 5.74) is 0.588. The summed E-state index contributed by atoms with van der Waals surface area (Å²) >= 11 is 0. The van der Waals surface area contributed by atoms with Gasteiger partial charge in [0.2, 0.25) is 0 Å². The molecule has 0 aliphatic rings. The van der Waals surface area contributed by atoms with Gasteiger partial charge in [0, 0.05) is 12.5 Å². The molecule has 0 spiro atoms. The van der Waals surface area contributed by atoms with Gasteiger partial charge in [-0.25, -0.2) is 0 Å². The molecule has 0 amide bonds. The van der Waals surface area contributed by atoms with Gasteiger partial charge in [0.1, 0.15) is 11.3 Å². The van der Waals surface area contributed by atoms with Crippen LogP contribution in [0.1, 0.15) is 32.8 Å². The number of nitrogens with zero attached hydrogens (tertiary/aromatic N) is 1. The van der Waals surface area contributed by atoms with Crippen LogP contribution in [0.3, 0.4) is 0 Å². The third-order valence-corrected chi connectivity index (χ3v) is 2.81. The van der Waals surface area contributed by atoms with Crippen molar-refractivity contribution in [1.29, 1.82) is 5.26 Å². The Labute approximate surface area is 110 Å². The largest absolute Gasteiger partial charge is 0.493 e. The van der Waals surface area contributed by atoms with Crippen LogP contribution in [0.4, 0.5) is 0 Å². The summed E-state index contributed by atoms with van der Waals surface area (Å²) in [6.07, 6.45) is 0.663. The molecule has 1 unspecified atom stereocenters. The van der Waals surface area contributed by atoms with Crippen LogP contribution in [0.2, 0.25) is 0 Å². The number of nitrogens with one attached hydrogen (secondary N) is 1. The quantitative estimate of drug-likeness (QED) is 0.839. The monoisotopic (exact) mass is 246 g/mol. The second-order valence-electron chi connectivity index (χ2n) is 5.11. The summed E-state index contributed by atoms with van der Waals surface area (Å²) in [6.45, 7) is 8.55. The van der Waals surface area contributed by atoms with Crippen LogP contribution >= 0.6 is 0 Å². The van der Waals surface area contributed by atoms with Gasteiger partial charge in [-0.3, -0.25) is 5.32 Å². The van der Waals surface area contributed by atoms with E-state index in [1.165, 1.54) is 0 Å². The minimum absolute atomic E-state index is 0.285. The fourth-order valence-electron chi connectivity index (χ4n) is 1.88. The molecular weight excluding hydrogens is 224 g/mol. The van der Waals surface area contributed by atoms with E-state index in [4.69, 9.17) is 4.74 Å². The summed E-state index contributed by atoms with van der Waals surface area (Å²) in [5.74, 6) is 0.891. The van der Waals surface area contributed by atoms with Crippen LogP contribution in [0, 0.1) is 18.3 Å². The highest BCUT2D eigenvalue weighted by atomic mass is 16.5. The maximum absolute atomic E-state index is 9.22. The molecule has 0 aliphatic heterocycles. The molecule has 0 radical (unpaired) electrons. The van der Waals surface area contributed by atoms with Crippen molar-refractivity contribution in [2.75, 3.05) is 6.61 Å². The Morgan fingerprint density at radius 1 is 1.39 bits per heavy atom. The lowest BCUT2D eigenvalue weighted by molar-refractivity contribution is 0.259. The van der Waals surface area contributed by atoms with Crippen LogP contribution in [0.5, 0.6) is 5.75 Å². The number of rotatable bonds is 6. The topological polar surface area (TPSA) is 45.0 Å². The van der Waals surface area contributed by atoms with E-state index >= 15 is 0 Å². The zero-order chi connectivity index (χ0) is 13.6. The molecule has 0 fully saturated rings. The average molecular weight is 246 g/mol. The van der Waals surface area contributed by atoms with Gasteiger partial charge in [-0.05, 0) is 39.3 Å². The first-order valence-corrected chi connectivity index (χ1v) is 6.34. The lowest BCUT2D eigenvalue weighted by Crippen LogP contribution is -2.45. The molecule has 0 aliphatic carbocycles. The van der Waals surface area contributed by atoms with Crippen molar-refractivity contribution in [3.63, 3.8) is 0 Å². The van der Waals surface area contributed by atoms with Gasteiger partial charge in [0.15, 0.2) is 0 Å². The number of para-hydroxylation sites is 1. The van der Waals surface area contributed by atoms with Crippen molar-refractivity contribution >= 4 is 0 Å². The predicted molar refractivity (Wildman–Crippen MR) is 73.6 cm³/mol. The zero-order valence-electron chi connectivity index (χ0n) is 11.7. The Hall–Kier alpha value is -1.53. The first-order valence-electron chi connectivity index (χ1n) is 6.34. The van der Waals surface area contributed by atoms with Gasteiger partial charge in [-0.1, -0.05) is 18.2 Å². The van der Waals surface area contributed by atoms with Crippen LogP contribution in [-0.2, 0) is 0 Å². The third-order valence-electron chi connectivity index (χ3n) is 2.81. The van der Waals surface area contributed by atoms with Gasteiger partial charge in [-0.15, -0.1) is 0 Å². The van der Waals surface area contributed by atoms with Crippen molar-refractivity contribution in [2.24, 2.45) is 0 Å². The number of ether oxygens (including phenoxy) is 1. The predicted octanol–water partition coefficient (Wildman–Crippen LogP) is 3.04. The van der Waals surface area contributed by atoms with Gasteiger partial charge in [-0.2, -0.15) is 5.26 Å². The van der Waals surface area contributed by atoms with E-state index < -0.39 is 5.54 Å². The zero-order valence-corrected chi connectivity index (χ0v) is 11.7. The number of benzene rings is 1. The summed E-state index contributed by atoms with van der Waals surface area (Å²) in [5, 5.41) is 12.5. The van der Waals surface area contributed by atoms with Crippen molar-refractivity contribution in [1.82, 2.24) is 5.32 Å². The van der Waals surface area contributed by atoms with Gasteiger partial charge in [0.25, 0.3) is 0 Å². The first kappa shape index (κ1) is 14.5. The van der Waals surface area contributed by atoms with E-state index in [1.807, 2.05) is 52.0 Å². The molecule has 3 nitrogen and oxygen atoms in total. The number of hydrogen-bond acceptors (Lipinski definition) is 3. The Bertz CT molecular complexity index is 423. The van der Waals surface area contributed by atoms with E-state index in [1.54, 1.807) is 0 Å². The highest BCUT2D eigenvalue weighted by Crippen LogP contribution is 2.18. The molecule has 0 bridgehead atoms. The van der Waals surface area contributed by atoms with Gasteiger partial charge in [0.05, 0.1) is 12.7 Å². The summed E-state index contributed by atoms with van der Waals surface area (Å²) in [4.78, 5) is 0. The minimum atomic E-state index is -0.531. The molecule has 18 heavy (non-hydrogen) atoms. The van der Waals surface area contributed by atoms with Gasteiger partial charge >= 0.3 is 0 Å². The fourth-order valence-corrected chi connectivity index (χ4v) is 1.88. The molecule has 1 rings (SSSR count). The van der Waals surface area contributed by atoms with E-state index in [-0.39, 0.29) is 6.04 Å². The van der Waals surface area contributed by atoms with E-state index in [0.29, 0.717) is 13.0 Å². The van der Waals surface area contributed by atoms with Crippen LogP contribution in [0.15, 0.2) is 24.3 Å². The molecule has 1 atom stereocenters. The molecule has 1 aromatic carbocycles. The van der Waals surface area contributed by atoms with Crippen molar-refractivity contribution < 1.29 is 4.74 Å². The van der Waals surface area contributed by atoms with E-state index in [0.717, 1.165) is 11.3 Å². The maximum atomic E-state index is 9.22. The highest BCUT2D eigenvalue weighted by Gasteiger charge is 2.24. The van der Waals surface area contributed by atoms with E-state index in [9.17, 15) is 5.26 Å². The Kier molecular flexibility index (Phi) is 5.18. The molecule has 0 saturated heterocycles. The second-order valence-corrected chi connectivity index (χ2v) is 5.11. The smallest absolute Gasteiger partial charge is 0.122 e. The summed E-state index contributed by atoms with van der Waals surface area (Å²) in [6, 6.07) is 10.5. The lowest BCUT2D eigenvalue weighted by atomic mass is 9.99. The normalized spacial score (nSPS) is 14.0. The Morgan fingerprint density at radius 2 is 2.06 bits per heavy atom. The second kappa shape index (κ2) is 6.42. The fraction of sp³-hybridized carbons (Fsp3) is 0.533. The Balaban J connectivity index is 2.50. The lowest BCUT2D eigenvalue weighted by Gasteiger charge is -2.25. The average Bonchev–Trinajstić information content (AvgIpc) is 2.31. The number of hydrogen-bond donors (Lipinski definition) is 1. The maximum Gasteiger partial charge on any atom is 0.122 e. The molecule has 1 N–H and O–H groups in total. The standard InChI is InChI=1S/C15H22N2O/c1-12(2)17-15(4,11-16)9-10-18-14-8-6-5-7-13(14)3/h5-8,12,17H,9-10H2,1-4H3. The first-order chi connectivity index (χ1) is 8.47. The summed E-state index contributed by atoms with van der Waals surface area (Å²) in [7, 11) is 0. The van der Waals surface area contributed by atoms with E-state index in [2.05, 4.69) is 11.4 Å². The van der Waals surface area contributed by atoms with Crippen LogP contribution in [-0.4, -0.2) is 18.2 Å². The molecule has 3 heteroatoms. The third kappa shape index (κ3) is 4.38. The SMILES string of the molecule is Cc1ccccc1OCCC(C)(C#N)NC(C)C. The molecule has 1 aromatic rings. The number of nitriles is 1. The van der Waals surface area contributed by atoms with Crippen LogP contribution < -0.4 is 10.1 Å². The number of aryl methyl sites for hydroxylation is 1. The summed E-state index contributed by atoms with van der Waals surface area (Å²) < 4.78 is 5.72. The highest BCUT2D eigenvalue weighted by molar-refractivity contribution is 5.31. The van der Waals surface area contributed by atoms with Crippen molar-refractivity contribution in [3.8, 4) is 11.8 Å². The molecule has 98 valence electrons. The molecule has 0 aromatic heterocycles. The molecule has 0 heterocycles. The van der Waals surface area contributed by atoms with Crippen molar-refractivity contribution in [3.05, 3.63) is 29.8 Å². The molecular formula is C15H22N2O. The Morgan fingerprint density at radius 3 is 2.61 bits per heavy atom. The van der Waals surface area contributed by atoms with Crippen LogP contribution in [0.25, 0.3) is 0 Å². The van der Waals surface area contributed by atoms with Crippen molar-refractivity contribution in [2.45, 2.75) is 45.7 Å². The van der Waals surface area contributed by atoms with Gasteiger partial charge < -0.3 is 4.74 Å². The molecule has 0 saturated carbocycles. The minimum Gasteiger partial charge on any atom is -0.493 e.